The van der Waals surface area contributed by atoms with E-state index in [1.807, 2.05) is 0 Å². The molecule has 0 aliphatic rings. The second-order valence-corrected chi connectivity index (χ2v) is 4.41. The van der Waals surface area contributed by atoms with Gasteiger partial charge in [0, 0.05) is 24.5 Å². The molecule has 5 nitrogen and oxygen atoms in total. The van der Waals surface area contributed by atoms with Gasteiger partial charge in [-0.25, -0.2) is 13.5 Å². The van der Waals surface area contributed by atoms with Crippen molar-refractivity contribution in [3.05, 3.63) is 72.2 Å². The van der Waals surface area contributed by atoms with Crippen LogP contribution >= 0.6 is 0 Å². The van der Waals surface area contributed by atoms with E-state index in [2.05, 4.69) is 15.4 Å². The Morgan fingerprint density at radius 1 is 1.14 bits per heavy atom. The molecule has 2 heterocycles. The quantitative estimate of drug-likeness (QED) is 0.809. The lowest BCUT2D eigenvalue weighted by molar-refractivity contribution is 0.102. The highest BCUT2D eigenvalue weighted by molar-refractivity contribution is 6.02. The van der Waals surface area contributed by atoms with E-state index < -0.39 is 17.5 Å². The number of hydrogen-bond donors (Lipinski definition) is 1. The molecule has 3 rings (SSSR count). The minimum absolute atomic E-state index is 0.0831. The van der Waals surface area contributed by atoms with Crippen molar-refractivity contribution in [3.63, 3.8) is 0 Å². The molecule has 0 unspecified atom stereocenters. The van der Waals surface area contributed by atoms with E-state index in [9.17, 15) is 13.6 Å². The second-order valence-electron chi connectivity index (χ2n) is 4.41. The zero-order valence-corrected chi connectivity index (χ0v) is 11.2. The lowest BCUT2D eigenvalue weighted by Crippen LogP contribution is -2.14. The number of rotatable bonds is 3. The Labute approximate surface area is 124 Å². The Hall–Kier alpha value is -3.09. The highest BCUT2D eigenvalue weighted by Gasteiger charge is 2.11. The van der Waals surface area contributed by atoms with E-state index in [1.54, 1.807) is 18.2 Å². The fourth-order valence-electron chi connectivity index (χ4n) is 1.87. The summed E-state index contributed by atoms with van der Waals surface area (Å²) in [7, 11) is 0. The lowest BCUT2D eigenvalue weighted by Gasteiger charge is -2.03. The maximum absolute atomic E-state index is 13.7. The average molecular weight is 300 g/mol. The zero-order chi connectivity index (χ0) is 15.5. The number of amides is 1. The van der Waals surface area contributed by atoms with Gasteiger partial charge in [-0.1, -0.05) is 6.07 Å². The highest BCUT2D eigenvalue weighted by atomic mass is 19.1. The Morgan fingerprint density at radius 2 is 2.00 bits per heavy atom. The van der Waals surface area contributed by atoms with Crippen LogP contribution in [-0.4, -0.2) is 20.7 Å². The Bertz CT molecular complexity index is 817. The van der Waals surface area contributed by atoms with Crippen molar-refractivity contribution in [3.8, 4) is 5.69 Å². The zero-order valence-electron chi connectivity index (χ0n) is 11.2. The minimum atomic E-state index is -0.745. The predicted octanol–water partition coefficient (Wildman–Crippen LogP) is 2.80. The normalized spacial score (nSPS) is 10.5. The fraction of sp³-hybridized carbons (Fsp3) is 0. The Balaban J connectivity index is 1.81. The molecule has 0 spiro atoms. The van der Waals surface area contributed by atoms with E-state index in [-0.39, 0.29) is 17.2 Å². The number of anilines is 1. The molecule has 7 heteroatoms. The van der Waals surface area contributed by atoms with Crippen LogP contribution in [0.5, 0.6) is 0 Å². The molecule has 0 bridgehead atoms. The van der Waals surface area contributed by atoms with Gasteiger partial charge in [0.15, 0.2) is 11.6 Å². The van der Waals surface area contributed by atoms with Gasteiger partial charge in [0.05, 0.1) is 0 Å². The first-order valence-electron chi connectivity index (χ1n) is 6.37. The topological polar surface area (TPSA) is 59.8 Å². The van der Waals surface area contributed by atoms with Gasteiger partial charge in [-0.3, -0.25) is 9.78 Å². The van der Waals surface area contributed by atoms with Crippen molar-refractivity contribution in [2.75, 3.05) is 5.32 Å². The molecule has 0 aliphatic heterocycles. The van der Waals surface area contributed by atoms with Gasteiger partial charge in [-0.05, 0) is 24.3 Å². The van der Waals surface area contributed by atoms with Crippen molar-refractivity contribution in [2.24, 2.45) is 0 Å². The van der Waals surface area contributed by atoms with Crippen LogP contribution in [-0.2, 0) is 0 Å². The Kier molecular flexibility index (Phi) is 3.61. The molecule has 0 saturated heterocycles. The van der Waals surface area contributed by atoms with Crippen LogP contribution in [0.1, 0.15) is 10.5 Å². The molecule has 0 saturated carbocycles. The summed E-state index contributed by atoms with van der Waals surface area (Å²) in [6.45, 7) is 0. The smallest absolute Gasteiger partial charge is 0.275 e. The monoisotopic (exact) mass is 300 g/mol. The van der Waals surface area contributed by atoms with Crippen molar-refractivity contribution >= 4 is 11.7 Å². The number of benzene rings is 1. The number of carbonyl (C=O) groups excluding carboxylic acids is 1. The Morgan fingerprint density at radius 3 is 2.73 bits per heavy atom. The lowest BCUT2D eigenvalue weighted by atomic mass is 10.3. The fourth-order valence-corrected chi connectivity index (χ4v) is 1.87. The molecule has 22 heavy (non-hydrogen) atoms. The molecule has 3 aromatic rings. The van der Waals surface area contributed by atoms with Gasteiger partial charge < -0.3 is 5.32 Å². The van der Waals surface area contributed by atoms with Gasteiger partial charge in [0.25, 0.3) is 5.91 Å². The van der Waals surface area contributed by atoms with Crippen molar-refractivity contribution in [1.82, 2.24) is 14.8 Å². The predicted molar refractivity (Wildman–Crippen MR) is 75.7 cm³/mol. The first-order chi connectivity index (χ1) is 10.6. The van der Waals surface area contributed by atoms with Gasteiger partial charge >= 0.3 is 0 Å². The van der Waals surface area contributed by atoms with Crippen LogP contribution in [0, 0.1) is 11.6 Å². The molecule has 1 amide bonds. The van der Waals surface area contributed by atoms with Crippen LogP contribution < -0.4 is 5.32 Å². The van der Waals surface area contributed by atoms with E-state index in [0.29, 0.717) is 0 Å². The largest absolute Gasteiger partial charge is 0.304 e. The van der Waals surface area contributed by atoms with Crippen LogP contribution in [0.3, 0.4) is 0 Å². The molecular weight excluding hydrogens is 290 g/mol. The van der Waals surface area contributed by atoms with Crippen LogP contribution in [0.15, 0.2) is 54.9 Å². The maximum atomic E-state index is 13.7. The third kappa shape index (κ3) is 2.83. The summed E-state index contributed by atoms with van der Waals surface area (Å²) in [4.78, 5) is 15.8. The number of carbonyl (C=O) groups is 1. The third-order valence-electron chi connectivity index (χ3n) is 2.88. The maximum Gasteiger partial charge on any atom is 0.275 e. The van der Waals surface area contributed by atoms with Crippen LogP contribution in [0.4, 0.5) is 14.6 Å². The standard InChI is InChI=1S/C15H10F2N4O/c16-10-4-5-13(11(17)9-10)21-8-6-14(20-21)19-15(22)12-3-1-2-7-18-12/h1-9H,(H,19,20,22). The van der Waals surface area contributed by atoms with Gasteiger partial charge in [0.1, 0.15) is 17.2 Å². The van der Waals surface area contributed by atoms with Crippen molar-refractivity contribution in [2.45, 2.75) is 0 Å². The van der Waals surface area contributed by atoms with E-state index in [1.165, 1.54) is 29.2 Å². The van der Waals surface area contributed by atoms with Gasteiger partial charge in [-0.2, -0.15) is 0 Å². The number of hydrogen-bond acceptors (Lipinski definition) is 3. The summed E-state index contributed by atoms with van der Waals surface area (Å²) in [5.74, 6) is -1.60. The van der Waals surface area contributed by atoms with Crippen molar-refractivity contribution in [1.29, 1.82) is 0 Å². The molecule has 0 atom stereocenters. The van der Waals surface area contributed by atoms with E-state index >= 15 is 0 Å². The summed E-state index contributed by atoms with van der Waals surface area (Å²) in [6, 6.07) is 9.62. The third-order valence-corrected chi connectivity index (χ3v) is 2.88. The molecular formula is C15H10F2N4O. The van der Waals surface area contributed by atoms with E-state index in [0.717, 1.165) is 12.1 Å². The van der Waals surface area contributed by atoms with E-state index in [4.69, 9.17) is 0 Å². The molecule has 110 valence electrons. The highest BCUT2D eigenvalue weighted by Crippen LogP contribution is 2.15. The molecule has 1 aromatic carbocycles. The van der Waals surface area contributed by atoms with Gasteiger partial charge in [-0.15, -0.1) is 5.10 Å². The number of aromatic nitrogens is 3. The molecule has 0 fully saturated rings. The van der Waals surface area contributed by atoms with Crippen LogP contribution in [0.25, 0.3) is 5.69 Å². The molecule has 0 radical (unpaired) electrons. The number of pyridine rings is 1. The first kappa shape index (κ1) is 13.9. The molecule has 0 aliphatic carbocycles. The number of nitrogens with zero attached hydrogens (tertiary/aromatic N) is 3. The summed E-state index contributed by atoms with van der Waals surface area (Å²) in [6.07, 6.45) is 2.96. The van der Waals surface area contributed by atoms with Gasteiger partial charge in [0.2, 0.25) is 0 Å². The molecule has 2 aromatic heterocycles. The number of nitrogens with one attached hydrogen (secondary N) is 1. The minimum Gasteiger partial charge on any atom is -0.304 e. The first-order valence-corrected chi connectivity index (χ1v) is 6.37. The SMILES string of the molecule is O=C(Nc1ccn(-c2ccc(F)cc2F)n1)c1ccccn1. The molecule has 1 N–H and O–H groups in total. The van der Waals surface area contributed by atoms with Crippen molar-refractivity contribution < 1.29 is 13.6 Å². The summed E-state index contributed by atoms with van der Waals surface area (Å²) < 4.78 is 27.8. The summed E-state index contributed by atoms with van der Waals surface area (Å²) in [5, 5.41) is 6.58. The number of halogens is 2. The van der Waals surface area contributed by atoms with Crippen LogP contribution in [0.2, 0.25) is 0 Å². The summed E-state index contributed by atoms with van der Waals surface area (Å²) >= 11 is 0. The average Bonchev–Trinajstić information content (AvgIpc) is 2.96. The second kappa shape index (κ2) is 5.72. The summed E-state index contributed by atoms with van der Waals surface area (Å²) in [5.41, 5.74) is 0.324.